The lowest BCUT2D eigenvalue weighted by molar-refractivity contribution is -0.140. The number of carbonyl (C=O) groups excluding carboxylic acids is 2. The lowest BCUT2D eigenvalue weighted by atomic mass is 9.94. The van der Waals surface area contributed by atoms with E-state index < -0.39 is 17.7 Å². The molecule has 0 saturated carbocycles. The number of likely N-dealkylation sites (tertiary alicyclic amines) is 1. The molecule has 3 rings (SSSR count). The molecule has 0 bridgehead atoms. The van der Waals surface area contributed by atoms with Crippen molar-refractivity contribution in [2.24, 2.45) is 0 Å². The van der Waals surface area contributed by atoms with Crippen LogP contribution in [0.5, 0.6) is 11.5 Å². The number of methoxy groups -OCH3 is 2. The number of phenols is 1. The van der Waals surface area contributed by atoms with Gasteiger partial charge in [0.15, 0.2) is 0 Å². The van der Waals surface area contributed by atoms with Crippen molar-refractivity contribution in [3.05, 3.63) is 64.7 Å². The fourth-order valence-electron chi connectivity index (χ4n) is 3.48. The van der Waals surface area contributed by atoms with Gasteiger partial charge in [-0.15, -0.1) is 0 Å². The predicted molar refractivity (Wildman–Crippen MR) is 107 cm³/mol. The Hall–Kier alpha value is -3.32. The zero-order valence-corrected chi connectivity index (χ0v) is 16.5. The number of carbonyl (C=O) groups is 2. The van der Waals surface area contributed by atoms with Crippen LogP contribution in [-0.4, -0.2) is 54.2 Å². The third-order valence-corrected chi connectivity index (χ3v) is 4.95. The van der Waals surface area contributed by atoms with Crippen LogP contribution in [0, 0.1) is 6.92 Å². The number of aliphatic hydroxyl groups excluding tert-OH is 1. The molecule has 7 nitrogen and oxygen atoms in total. The van der Waals surface area contributed by atoms with Crippen molar-refractivity contribution in [1.29, 1.82) is 0 Å². The van der Waals surface area contributed by atoms with Gasteiger partial charge in [-0.25, -0.2) is 0 Å². The molecule has 0 spiro atoms. The minimum Gasteiger partial charge on any atom is -0.508 e. The molecule has 0 aliphatic carbocycles. The van der Waals surface area contributed by atoms with Crippen LogP contribution in [0.25, 0.3) is 5.76 Å². The SMILES string of the molecule is COCCN1C(=O)C(=O)/C(=C(/O)c2ccc(OC)c(C)c2)[C@@H]1c1ccc(O)cc1. The van der Waals surface area contributed by atoms with Gasteiger partial charge in [-0.1, -0.05) is 12.1 Å². The van der Waals surface area contributed by atoms with Gasteiger partial charge in [0.2, 0.25) is 0 Å². The number of nitrogens with zero attached hydrogens (tertiary/aromatic N) is 1. The van der Waals surface area contributed by atoms with E-state index in [1.807, 2.05) is 6.92 Å². The fraction of sp³-hybridized carbons (Fsp3) is 0.273. The number of aliphatic hydroxyl groups is 1. The number of ketones is 1. The largest absolute Gasteiger partial charge is 0.508 e. The van der Waals surface area contributed by atoms with E-state index in [2.05, 4.69) is 0 Å². The second-order valence-electron chi connectivity index (χ2n) is 6.76. The summed E-state index contributed by atoms with van der Waals surface area (Å²) in [7, 11) is 3.06. The molecule has 2 aromatic rings. The van der Waals surface area contributed by atoms with Crippen LogP contribution in [0.3, 0.4) is 0 Å². The van der Waals surface area contributed by atoms with E-state index in [1.54, 1.807) is 37.4 Å². The van der Waals surface area contributed by atoms with E-state index >= 15 is 0 Å². The highest BCUT2D eigenvalue weighted by atomic mass is 16.5. The van der Waals surface area contributed by atoms with E-state index in [0.29, 0.717) is 16.9 Å². The quantitative estimate of drug-likeness (QED) is 0.442. The molecule has 1 heterocycles. The Bertz CT molecular complexity index is 964. The van der Waals surface area contributed by atoms with Crippen LogP contribution < -0.4 is 4.74 Å². The van der Waals surface area contributed by atoms with Crippen molar-refractivity contribution in [2.75, 3.05) is 27.4 Å². The van der Waals surface area contributed by atoms with Crippen molar-refractivity contribution in [2.45, 2.75) is 13.0 Å². The summed E-state index contributed by atoms with van der Waals surface area (Å²) in [5, 5.41) is 20.6. The summed E-state index contributed by atoms with van der Waals surface area (Å²) in [5.74, 6) is -1.00. The van der Waals surface area contributed by atoms with Crippen LogP contribution >= 0.6 is 0 Å². The molecule has 2 aromatic carbocycles. The number of amides is 1. The molecule has 1 saturated heterocycles. The molecular weight excluding hydrogens is 374 g/mol. The molecular formula is C22H23NO6. The summed E-state index contributed by atoms with van der Waals surface area (Å²) in [6, 6.07) is 10.4. The van der Waals surface area contributed by atoms with Crippen molar-refractivity contribution >= 4 is 17.4 Å². The zero-order valence-electron chi connectivity index (χ0n) is 16.5. The highest BCUT2D eigenvalue weighted by molar-refractivity contribution is 6.46. The number of phenolic OH excluding ortho intramolecular Hbond substituents is 1. The third kappa shape index (κ3) is 3.82. The number of Topliss-reactive ketones (excluding diaryl/α,β-unsaturated/α-hetero) is 1. The molecule has 1 amide bonds. The summed E-state index contributed by atoms with van der Waals surface area (Å²) in [4.78, 5) is 26.9. The molecule has 0 radical (unpaired) electrons. The molecule has 0 unspecified atom stereocenters. The minimum absolute atomic E-state index is 0.00126. The van der Waals surface area contributed by atoms with Gasteiger partial charge in [0.25, 0.3) is 11.7 Å². The molecule has 29 heavy (non-hydrogen) atoms. The highest BCUT2D eigenvalue weighted by Crippen LogP contribution is 2.40. The number of benzene rings is 2. The standard InChI is InChI=1S/C22H23NO6/c1-13-12-15(6-9-17(13)29-3)20(25)18-19(14-4-7-16(24)8-5-14)23(10-11-28-2)22(27)21(18)26/h4-9,12,19,24-25H,10-11H2,1-3H3/b20-18+/t19-/m0/s1. The molecule has 2 N–H and O–H groups in total. The Morgan fingerprint density at radius 1 is 1.10 bits per heavy atom. The number of rotatable bonds is 6. The maximum absolute atomic E-state index is 12.8. The first kappa shape index (κ1) is 20.4. The molecule has 1 aliphatic heterocycles. The van der Waals surface area contributed by atoms with Gasteiger partial charge in [-0.2, -0.15) is 0 Å². The second kappa shape index (κ2) is 8.36. The van der Waals surface area contributed by atoms with Gasteiger partial charge in [-0.05, 0) is 48.4 Å². The summed E-state index contributed by atoms with van der Waals surface area (Å²) < 4.78 is 10.3. The Kier molecular flexibility index (Phi) is 5.89. The lowest BCUT2D eigenvalue weighted by Crippen LogP contribution is -2.32. The van der Waals surface area contributed by atoms with E-state index in [4.69, 9.17) is 9.47 Å². The first-order chi connectivity index (χ1) is 13.9. The van der Waals surface area contributed by atoms with Gasteiger partial charge >= 0.3 is 0 Å². The average molecular weight is 397 g/mol. The van der Waals surface area contributed by atoms with Crippen molar-refractivity contribution in [3.63, 3.8) is 0 Å². The smallest absolute Gasteiger partial charge is 0.295 e. The monoisotopic (exact) mass is 397 g/mol. The molecule has 152 valence electrons. The minimum atomic E-state index is -0.784. The number of hydrogen-bond acceptors (Lipinski definition) is 6. The van der Waals surface area contributed by atoms with Crippen LogP contribution in [0.2, 0.25) is 0 Å². The number of aromatic hydroxyl groups is 1. The average Bonchev–Trinajstić information content (AvgIpc) is 2.96. The molecule has 1 fully saturated rings. The summed E-state index contributed by atoms with van der Waals surface area (Å²) in [6.45, 7) is 2.25. The van der Waals surface area contributed by atoms with Gasteiger partial charge in [-0.3, -0.25) is 9.59 Å². The van der Waals surface area contributed by atoms with Crippen molar-refractivity contribution in [1.82, 2.24) is 4.90 Å². The third-order valence-electron chi connectivity index (χ3n) is 4.95. The maximum Gasteiger partial charge on any atom is 0.295 e. The lowest BCUT2D eigenvalue weighted by Gasteiger charge is -2.25. The Morgan fingerprint density at radius 2 is 1.79 bits per heavy atom. The summed E-state index contributed by atoms with van der Waals surface area (Å²) in [6.07, 6.45) is 0. The Morgan fingerprint density at radius 3 is 2.38 bits per heavy atom. The van der Waals surface area contributed by atoms with Gasteiger partial charge in [0.05, 0.1) is 25.3 Å². The van der Waals surface area contributed by atoms with Crippen LogP contribution in [0.4, 0.5) is 0 Å². The van der Waals surface area contributed by atoms with Gasteiger partial charge in [0.1, 0.15) is 17.3 Å². The molecule has 7 heteroatoms. The topological polar surface area (TPSA) is 96.3 Å². The molecule has 1 aliphatic rings. The highest BCUT2D eigenvalue weighted by Gasteiger charge is 2.45. The maximum atomic E-state index is 12.8. The first-order valence-corrected chi connectivity index (χ1v) is 9.10. The number of ether oxygens (including phenoxy) is 2. The van der Waals surface area contributed by atoms with E-state index in [1.165, 1.54) is 24.1 Å². The fourth-order valence-corrected chi connectivity index (χ4v) is 3.48. The Labute approximate surface area is 168 Å². The second-order valence-corrected chi connectivity index (χ2v) is 6.76. The van der Waals surface area contributed by atoms with Gasteiger partial charge in [0, 0.05) is 19.2 Å². The van der Waals surface area contributed by atoms with Crippen LogP contribution in [0.15, 0.2) is 48.0 Å². The van der Waals surface area contributed by atoms with Crippen LogP contribution in [-0.2, 0) is 14.3 Å². The van der Waals surface area contributed by atoms with Crippen molar-refractivity contribution < 1.29 is 29.3 Å². The van der Waals surface area contributed by atoms with E-state index in [9.17, 15) is 19.8 Å². The van der Waals surface area contributed by atoms with E-state index in [-0.39, 0.29) is 30.2 Å². The number of hydrogen-bond donors (Lipinski definition) is 2. The van der Waals surface area contributed by atoms with E-state index in [0.717, 1.165) is 5.56 Å². The first-order valence-electron chi connectivity index (χ1n) is 9.10. The summed E-state index contributed by atoms with van der Waals surface area (Å²) >= 11 is 0. The Balaban J connectivity index is 2.15. The van der Waals surface area contributed by atoms with Crippen molar-refractivity contribution in [3.8, 4) is 11.5 Å². The van der Waals surface area contributed by atoms with Gasteiger partial charge < -0.3 is 24.6 Å². The summed E-state index contributed by atoms with van der Waals surface area (Å²) in [5.41, 5.74) is 1.80. The molecule has 0 aromatic heterocycles. The predicted octanol–water partition coefficient (Wildman–Crippen LogP) is 2.78. The molecule has 1 atom stereocenters. The zero-order chi connectivity index (χ0) is 21.1. The normalized spacial score (nSPS) is 18.3. The van der Waals surface area contributed by atoms with Crippen LogP contribution in [0.1, 0.15) is 22.7 Å². The number of aryl methyl sites for hydroxylation is 1.